The van der Waals surface area contributed by atoms with Crippen molar-refractivity contribution in [1.29, 1.82) is 0 Å². The van der Waals surface area contributed by atoms with Crippen LogP contribution in [0, 0.1) is 12.7 Å². The molecule has 0 unspecified atom stereocenters. The summed E-state index contributed by atoms with van der Waals surface area (Å²) >= 11 is 1.23. The van der Waals surface area contributed by atoms with E-state index in [1.807, 2.05) is 4.90 Å². The Labute approximate surface area is 177 Å². The van der Waals surface area contributed by atoms with Crippen molar-refractivity contribution < 1.29 is 9.18 Å². The summed E-state index contributed by atoms with van der Waals surface area (Å²) in [6, 6.07) is 5.82. The normalized spacial score (nSPS) is 16.9. The summed E-state index contributed by atoms with van der Waals surface area (Å²) in [6.45, 7) is 4.29. The zero-order chi connectivity index (χ0) is 21.4. The van der Waals surface area contributed by atoms with Gasteiger partial charge in [0.2, 0.25) is 5.91 Å². The highest BCUT2D eigenvalue weighted by Gasteiger charge is 2.27. The average molecular weight is 430 g/mol. The van der Waals surface area contributed by atoms with E-state index in [1.54, 1.807) is 18.4 Å². The zero-order valence-electron chi connectivity index (χ0n) is 17.1. The standard InChI is InChI=1S/C22H24FN3O3S/c1-3-16-6-4-5-10-24(16)19(27)13-25-18-9-11-30-20(18)21(28)26(22(25)29)17-8-7-15(23)12-14(17)2/h7-9,11-12,16H,3-6,10,13H2,1-2H3/t16-/m0/s1. The van der Waals surface area contributed by atoms with Gasteiger partial charge in [-0.2, -0.15) is 0 Å². The van der Waals surface area contributed by atoms with E-state index in [0.717, 1.165) is 30.3 Å². The molecule has 0 saturated carbocycles. The van der Waals surface area contributed by atoms with Crippen LogP contribution in [0.2, 0.25) is 0 Å². The summed E-state index contributed by atoms with van der Waals surface area (Å²) in [7, 11) is 0. The Morgan fingerprint density at radius 2 is 2.03 bits per heavy atom. The Morgan fingerprint density at radius 3 is 2.77 bits per heavy atom. The molecule has 0 radical (unpaired) electrons. The van der Waals surface area contributed by atoms with Crippen LogP contribution in [0.25, 0.3) is 15.9 Å². The Bertz CT molecular complexity index is 1230. The maximum atomic E-state index is 13.6. The van der Waals surface area contributed by atoms with Gasteiger partial charge < -0.3 is 4.90 Å². The van der Waals surface area contributed by atoms with Crippen LogP contribution < -0.4 is 11.2 Å². The van der Waals surface area contributed by atoms with Crippen LogP contribution in [0.3, 0.4) is 0 Å². The highest BCUT2D eigenvalue weighted by Crippen LogP contribution is 2.22. The predicted octanol–water partition coefficient (Wildman–Crippen LogP) is 3.45. The second-order valence-electron chi connectivity index (χ2n) is 7.72. The molecular weight excluding hydrogens is 405 g/mol. The van der Waals surface area contributed by atoms with Crippen LogP contribution in [-0.4, -0.2) is 32.5 Å². The van der Waals surface area contributed by atoms with E-state index in [9.17, 15) is 18.8 Å². The molecule has 1 amide bonds. The third-order valence-electron chi connectivity index (χ3n) is 5.87. The summed E-state index contributed by atoms with van der Waals surface area (Å²) in [4.78, 5) is 41.4. The van der Waals surface area contributed by atoms with E-state index in [-0.39, 0.29) is 18.5 Å². The number of benzene rings is 1. The number of piperidine rings is 1. The summed E-state index contributed by atoms with van der Waals surface area (Å²) in [6.07, 6.45) is 3.91. The van der Waals surface area contributed by atoms with Gasteiger partial charge in [-0.15, -0.1) is 11.3 Å². The lowest BCUT2D eigenvalue weighted by Crippen LogP contribution is -2.47. The molecule has 3 aromatic rings. The van der Waals surface area contributed by atoms with Crippen LogP contribution in [0.1, 0.15) is 38.2 Å². The third kappa shape index (κ3) is 3.49. The molecule has 0 N–H and O–H groups in total. The van der Waals surface area contributed by atoms with Crippen molar-refractivity contribution >= 4 is 27.5 Å². The Hall–Kier alpha value is -2.74. The number of fused-ring (bicyclic) bond motifs is 1. The average Bonchev–Trinajstić information content (AvgIpc) is 3.22. The lowest BCUT2D eigenvalue weighted by molar-refractivity contribution is -0.135. The molecule has 2 aromatic heterocycles. The molecule has 1 aromatic carbocycles. The van der Waals surface area contributed by atoms with Crippen molar-refractivity contribution in [3.05, 3.63) is 61.9 Å². The van der Waals surface area contributed by atoms with Crippen LogP contribution in [0.5, 0.6) is 0 Å². The SMILES string of the molecule is CC[C@H]1CCCCN1C(=O)Cn1c(=O)n(-c2ccc(F)cc2C)c(=O)c2sccc21. The maximum Gasteiger partial charge on any atom is 0.336 e. The fourth-order valence-corrected chi connectivity index (χ4v) is 5.13. The van der Waals surface area contributed by atoms with Crippen molar-refractivity contribution in [3.63, 3.8) is 0 Å². The smallest absolute Gasteiger partial charge is 0.336 e. The number of aromatic nitrogens is 2. The Balaban J connectivity index is 1.84. The highest BCUT2D eigenvalue weighted by molar-refractivity contribution is 7.17. The molecule has 4 rings (SSSR count). The Morgan fingerprint density at radius 1 is 1.23 bits per heavy atom. The molecule has 158 valence electrons. The van der Waals surface area contributed by atoms with Gasteiger partial charge >= 0.3 is 5.69 Å². The molecule has 0 aliphatic carbocycles. The van der Waals surface area contributed by atoms with Gasteiger partial charge in [0.1, 0.15) is 17.1 Å². The number of aryl methyl sites for hydroxylation is 1. The third-order valence-corrected chi connectivity index (χ3v) is 6.76. The molecule has 30 heavy (non-hydrogen) atoms. The number of likely N-dealkylation sites (tertiary alicyclic amines) is 1. The molecular formula is C22H24FN3O3S. The van der Waals surface area contributed by atoms with Gasteiger partial charge in [-0.3, -0.25) is 14.2 Å². The number of carbonyl (C=O) groups is 1. The van der Waals surface area contributed by atoms with Gasteiger partial charge in [-0.1, -0.05) is 6.92 Å². The topological polar surface area (TPSA) is 64.3 Å². The second kappa shape index (κ2) is 8.18. The number of amides is 1. The first-order valence-electron chi connectivity index (χ1n) is 10.2. The van der Waals surface area contributed by atoms with Gasteiger partial charge in [0.25, 0.3) is 5.56 Å². The largest absolute Gasteiger partial charge is 0.338 e. The first kappa shape index (κ1) is 20.5. The lowest BCUT2D eigenvalue weighted by Gasteiger charge is -2.35. The van der Waals surface area contributed by atoms with E-state index in [1.165, 1.54) is 34.1 Å². The number of nitrogens with zero attached hydrogens (tertiary/aromatic N) is 3. The predicted molar refractivity (Wildman–Crippen MR) is 116 cm³/mol. The number of hydrogen-bond donors (Lipinski definition) is 0. The summed E-state index contributed by atoms with van der Waals surface area (Å²) in [5.41, 5.74) is 0.230. The lowest BCUT2D eigenvalue weighted by atomic mass is 10.00. The highest BCUT2D eigenvalue weighted by atomic mass is 32.1. The van der Waals surface area contributed by atoms with E-state index in [0.29, 0.717) is 28.0 Å². The van der Waals surface area contributed by atoms with Crippen LogP contribution in [0.4, 0.5) is 4.39 Å². The second-order valence-corrected chi connectivity index (χ2v) is 8.64. The minimum absolute atomic E-state index is 0.114. The number of thiophene rings is 1. The molecule has 1 atom stereocenters. The van der Waals surface area contributed by atoms with Crippen LogP contribution in [-0.2, 0) is 11.3 Å². The summed E-state index contributed by atoms with van der Waals surface area (Å²) in [5.74, 6) is -0.551. The quantitative estimate of drug-likeness (QED) is 0.638. The van der Waals surface area contributed by atoms with Crippen molar-refractivity contribution in [1.82, 2.24) is 14.0 Å². The van der Waals surface area contributed by atoms with Gasteiger partial charge in [-0.25, -0.2) is 13.8 Å². The van der Waals surface area contributed by atoms with Gasteiger partial charge in [-0.05, 0) is 67.8 Å². The summed E-state index contributed by atoms with van der Waals surface area (Å²) in [5, 5.41) is 1.74. The molecule has 3 heterocycles. The fourth-order valence-electron chi connectivity index (χ4n) is 4.30. The van der Waals surface area contributed by atoms with Gasteiger partial charge in [0.15, 0.2) is 0 Å². The minimum atomic E-state index is -0.584. The molecule has 0 bridgehead atoms. The first-order chi connectivity index (χ1) is 14.4. The minimum Gasteiger partial charge on any atom is -0.338 e. The number of carbonyl (C=O) groups excluding carboxylic acids is 1. The molecule has 6 nitrogen and oxygen atoms in total. The van der Waals surface area contributed by atoms with E-state index < -0.39 is 17.1 Å². The molecule has 1 aliphatic rings. The zero-order valence-corrected chi connectivity index (χ0v) is 17.9. The molecule has 1 fully saturated rings. The van der Waals surface area contributed by atoms with E-state index in [4.69, 9.17) is 0 Å². The maximum absolute atomic E-state index is 13.6. The molecule has 0 spiro atoms. The van der Waals surface area contributed by atoms with Crippen LogP contribution >= 0.6 is 11.3 Å². The Kier molecular flexibility index (Phi) is 5.60. The first-order valence-corrected chi connectivity index (χ1v) is 11.1. The van der Waals surface area contributed by atoms with Crippen molar-refractivity contribution in [3.8, 4) is 5.69 Å². The summed E-state index contributed by atoms with van der Waals surface area (Å²) < 4.78 is 16.4. The number of hydrogen-bond acceptors (Lipinski definition) is 4. The van der Waals surface area contributed by atoms with E-state index >= 15 is 0 Å². The van der Waals surface area contributed by atoms with Crippen molar-refractivity contribution in [2.45, 2.75) is 52.1 Å². The molecule has 1 aliphatic heterocycles. The number of rotatable bonds is 4. The van der Waals surface area contributed by atoms with Gasteiger partial charge in [0, 0.05) is 12.6 Å². The molecule has 8 heteroatoms. The van der Waals surface area contributed by atoms with E-state index in [2.05, 4.69) is 6.92 Å². The van der Waals surface area contributed by atoms with Crippen molar-refractivity contribution in [2.24, 2.45) is 0 Å². The molecule has 1 saturated heterocycles. The monoisotopic (exact) mass is 429 g/mol. The number of halogens is 1. The fraction of sp³-hybridized carbons (Fsp3) is 0.409. The van der Waals surface area contributed by atoms with Crippen LogP contribution in [0.15, 0.2) is 39.2 Å². The van der Waals surface area contributed by atoms with Gasteiger partial charge in [0.05, 0.1) is 11.2 Å². The van der Waals surface area contributed by atoms with Crippen molar-refractivity contribution in [2.75, 3.05) is 6.54 Å².